The predicted molar refractivity (Wildman–Crippen MR) is 111 cm³/mol. The van der Waals surface area contributed by atoms with Gasteiger partial charge in [-0.25, -0.2) is 4.68 Å². The van der Waals surface area contributed by atoms with E-state index in [1.54, 1.807) is 16.0 Å². The minimum Gasteiger partial charge on any atom is -0.378 e. The van der Waals surface area contributed by atoms with Gasteiger partial charge in [-0.1, -0.05) is 10.4 Å². The van der Waals surface area contributed by atoms with Crippen molar-refractivity contribution in [1.29, 1.82) is 0 Å². The summed E-state index contributed by atoms with van der Waals surface area (Å²) in [4.78, 5) is 19.7. The number of amides is 1. The number of carbonyl (C=O) groups excluding carboxylic acids is 1. The number of rotatable bonds is 5. The highest BCUT2D eigenvalue weighted by molar-refractivity contribution is 7.13. The Hall–Kier alpha value is -3.11. The Kier molecular flexibility index (Phi) is 5.01. The molecule has 1 aromatic carbocycles. The van der Waals surface area contributed by atoms with Crippen LogP contribution in [-0.4, -0.2) is 62.2 Å². The highest BCUT2D eigenvalue weighted by Crippen LogP contribution is 2.30. The Balaban J connectivity index is 1.32. The molecule has 3 aromatic heterocycles. The molecule has 0 aliphatic carbocycles. The van der Waals surface area contributed by atoms with Gasteiger partial charge in [0.25, 0.3) is 5.89 Å². The van der Waals surface area contributed by atoms with E-state index in [4.69, 9.17) is 9.26 Å². The van der Waals surface area contributed by atoms with E-state index in [2.05, 4.69) is 20.5 Å². The normalized spacial score (nSPS) is 14.5. The van der Waals surface area contributed by atoms with Crippen LogP contribution in [0.2, 0.25) is 0 Å². The minimum absolute atomic E-state index is 0.113. The van der Waals surface area contributed by atoms with E-state index in [9.17, 15) is 4.79 Å². The number of carbonyl (C=O) groups is 1. The van der Waals surface area contributed by atoms with Gasteiger partial charge in [-0.2, -0.15) is 4.98 Å². The van der Waals surface area contributed by atoms with Crippen molar-refractivity contribution in [3.05, 3.63) is 35.2 Å². The fraction of sp³-hybridized carbons (Fsp3) is 0.350. The van der Waals surface area contributed by atoms with E-state index in [0.29, 0.717) is 51.0 Å². The molecule has 0 radical (unpaired) electrons. The first-order valence-corrected chi connectivity index (χ1v) is 10.6. The lowest BCUT2D eigenvalue weighted by Crippen LogP contribution is -2.41. The maximum Gasteiger partial charge on any atom is 0.268 e. The fourth-order valence-electron chi connectivity index (χ4n) is 3.47. The number of nitrogens with zero attached hydrogens (tertiary/aromatic N) is 6. The molecule has 0 bridgehead atoms. The quantitative estimate of drug-likeness (QED) is 0.486. The van der Waals surface area contributed by atoms with Gasteiger partial charge in [0, 0.05) is 25.1 Å². The van der Waals surface area contributed by atoms with Crippen molar-refractivity contribution in [2.75, 3.05) is 26.3 Å². The average Bonchev–Trinajstić information content (AvgIpc) is 3.51. The van der Waals surface area contributed by atoms with Crippen LogP contribution < -0.4 is 0 Å². The minimum atomic E-state index is 0.113. The van der Waals surface area contributed by atoms with Gasteiger partial charge in [0.1, 0.15) is 5.52 Å². The molecule has 9 nitrogen and oxygen atoms in total. The SMILES string of the molecule is Cc1ccsc1-c1nc(-c2ccc3c(c2)nnn3CCC(=O)N2CCOCC2)no1. The second-order valence-corrected chi connectivity index (χ2v) is 8.03. The zero-order valence-corrected chi connectivity index (χ0v) is 17.3. The molecular formula is C20H20N6O3S. The standard InChI is InChI=1S/C20H20N6O3S/c1-13-5-11-30-18(13)20-21-19(23-29-20)14-2-3-16-15(12-14)22-24-26(16)6-4-17(27)25-7-9-28-10-8-25/h2-3,5,11-12H,4,6-10H2,1H3. The van der Waals surface area contributed by atoms with Crippen molar-refractivity contribution in [2.45, 2.75) is 19.9 Å². The van der Waals surface area contributed by atoms with E-state index in [1.807, 2.05) is 41.5 Å². The summed E-state index contributed by atoms with van der Waals surface area (Å²) in [6, 6.07) is 7.76. The first kappa shape index (κ1) is 18.9. The Labute approximate surface area is 176 Å². The van der Waals surface area contributed by atoms with Gasteiger partial charge in [0.15, 0.2) is 0 Å². The van der Waals surface area contributed by atoms with Crippen LogP contribution in [0.15, 0.2) is 34.2 Å². The van der Waals surface area contributed by atoms with Gasteiger partial charge in [-0.15, -0.1) is 16.4 Å². The largest absolute Gasteiger partial charge is 0.378 e. The van der Waals surface area contributed by atoms with Crippen molar-refractivity contribution in [3.8, 4) is 22.2 Å². The van der Waals surface area contributed by atoms with Crippen LogP contribution in [0.25, 0.3) is 33.2 Å². The van der Waals surface area contributed by atoms with Crippen LogP contribution in [0.4, 0.5) is 0 Å². The highest BCUT2D eigenvalue weighted by atomic mass is 32.1. The summed E-state index contributed by atoms with van der Waals surface area (Å²) in [5, 5.41) is 14.6. The molecule has 1 aliphatic rings. The van der Waals surface area contributed by atoms with Crippen molar-refractivity contribution in [3.63, 3.8) is 0 Å². The molecule has 10 heteroatoms. The number of aromatic nitrogens is 5. The zero-order chi connectivity index (χ0) is 20.5. The Morgan fingerprint density at radius 2 is 2.10 bits per heavy atom. The van der Waals surface area contributed by atoms with Gasteiger partial charge < -0.3 is 14.2 Å². The van der Waals surface area contributed by atoms with Crippen molar-refractivity contribution < 1.29 is 14.1 Å². The van der Waals surface area contributed by atoms with Crippen LogP contribution in [0.1, 0.15) is 12.0 Å². The van der Waals surface area contributed by atoms with Crippen LogP contribution in [0, 0.1) is 6.92 Å². The molecule has 0 saturated carbocycles. The molecule has 0 spiro atoms. The number of ether oxygens (including phenoxy) is 1. The zero-order valence-electron chi connectivity index (χ0n) is 16.4. The number of thiophene rings is 1. The summed E-state index contributed by atoms with van der Waals surface area (Å²) in [6.45, 7) is 5.01. The number of aryl methyl sites for hydroxylation is 2. The van der Waals surface area contributed by atoms with Crippen molar-refractivity contribution >= 4 is 28.3 Å². The second kappa shape index (κ2) is 7.96. The van der Waals surface area contributed by atoms with E-state index in [-0.39, 0.29) is 5.91 Å². The summed E-state index contributed by atoms with van der Waals surface area (Å²) in [5.74, 6) is 1.14. The molecule has 1 aliphatic heterocycles. The maximum absolute atomic E-state index is 12.4. The van der Waals surface area contributed by atoms with Crippen molar-refractivity contribution in [1.82, 2.24) is 30.0 Å². The molecule has 0 atom stereocenters. The van der Waals surface area contributed by atoms with E-state index < -0.39 is 0 Å². The van der Waals surface area contributed by atoms with E-state index in [1.165, 1.54) is 0 Å². The van der Waals surface area contributed by atoms with Crippen LogP contribution >= 0.6 is 11.3 Å². The topological polar surface area (TPSA) is 99.2 Å². The highest BCUT2D eigenvalue weighted by Gasteiger charge is 2.18. The third kappa shape index (κ3) is 3.59. The monoisotopic (exact) mass is 424 g/mol. The lowest BCUT2D eigenvalue weighted by molar-refractivity contribution is -0.135. The molecule has 4 aromatic rings. The summed E-state index contributed by atoms with van der Waals surface area (Å²) in [7, 11) is 0. The van der Waals surface area contributed by atoms with E-state index in [0.717, 1.165) is 27.0 Å². The Morgan fingerprint density at radius 1 is 1.23 bits per heavy atom. The lowest BCUT2D eigenvalue weighted by Gasteiger charge is -2.26. The Morgan fingerprint density at radius 3 is 2.90 bits per heavy atom. The first-order valence-electron chi connectivity index (χ1n) is 9.76. The number of hydrogen-bond donors (Lipinski definition) is 0. The fourth-order valence-corrected chi connectivity index (χ4v) is 4.32. The number of fused-ring (bicyclic) bond motifs is 1. The van der Waals surface area contributed by atoms with Gasteiger partial charge in [0.2, 0.25) is 11.7 Å². The summed E-state index contributed by atoms with van der Waals surface area (Å²) in [6.07, 6.45) is 0.384. The first-order chi connectivity index (χ1) is 14.7. The summed E-state index contributed by atoms with van der Waals surface area (Å²) < 4.78 is 12.5. The summed E-state index contributed by atoms with van der Waals surface area (Å²) >= 11 is 1.58. The molecule has 0 N–H and O–H groups in total. The number of hydrogen-bond acceptors (Lipinski definition) is 8. The molecule has 154 valence electrons. The number of benzene rings is 1. The van der Waals surface area contributed by atoms with E-state index >= 15 is 0 Å². The van der Waals surface area contributed by atoms with Crippen molar-refractivity contribution in [2.24, 2.45) is 0 Å². The van der Waals surface area contributed by atoms with Crippen LogP contribution in [-0.2, 0) is 16.1 Å². The molecule has 5 rings (SSSR count). The van der Waals surface area contributed by atoms with Crippen LogP contribution in [0.5, 0.6) is 0 Å². The van der Waals surface area contributed by atoms with Crippen LogP contribution in [0.3, 0.4) is 0 Å². The smallest absolute Gasteiger partial charge is 0.268 e. The molecule has 1 amide bonds. The van der Waals surface area contributed by atoms with Gasteiger partial charge in [-0.3, -0.25) is 4.79 Å². The molecular weight excluding hydrogens is 404 g/mol. The second-order valence-electron chi connectivity index (χ2n) is 7.12. The maximum atomic E-state index is 12.4. The Bertz CT molecular complexity index is 1190. The third-order valence-corrected chi connectivity index (χ3v) is 6.16. The number of morpholine rings is 1. The molecule has 1 saturated heterocycles. The third-order valence-electron chi connectivity index (χ3n) is 5.16. The summed E-state index contributed by atoms with van der Waals surface area (Å²) in [5.41, 5.74) is 3.51. The van der Waals surface area contributed by atoms with Gasteiger partial charge >= 0.3 is 0 Å². The lowest BCUT2D eigenvalue weighted by atomic mass is 10.2. The molecule has 0 unspecified atom stereocenters. The predicted octanol–water partition coefficient (Wildman–Crippen LogP) is 2.77. The van der Waals surface area contributed by atoms with Gasteiger partial charge in [0.05, 0.1) is 30.2 Å². The molecule has 1 fully saturated rings. The molecule has 30 heavy (non-hydrogen) atoms. The van der Waals surface area contributed by atoms with Gasteiger partial charge in [-0.05, 0) is 42.1 Å². The average molecular weight is 424 g/mol. The molecule has 4 heterocycles.